The third-order valence-corrected chi connectivity index (χ3v) is 9.21. The lowest BCUT2D eigenvalue weighted by Gasteiger charge is -2.34. The summed E-state index contributed by atoms with van der Waals surface area (Å²) in [6.07, 6.45) is 0.183. The van der Waals surface area contributed by atoms with E-state index in [1.165, 1.54) is 43.3 Å². The first kappa shape index (κ1) is 31.9. The van der Waals surface area contributed by atoms with Crippen molar-refractivity contribution in [2.75, 3.05) is 25.0 Å². The Balaban J connectivity index is 1.84. The molecule has 2 amide bonds. The van der Waals surface area contributed by atoms with Crippen LogP contribution in [0.15, 0.2) is 108 Å². The van der Waals surface area contributed by atoms with E-state index in [4.69, 9.17) is 27.9 Å². The van der Waals surface area contributed by atoms with E-state index in [0.29, 0.717) is 10.6 Å². The molecule has 43 heavy (non-hydrogen) atoms. The average molecular weight is 641 g/mol. The second-order valence-corrected chi connectivity index (χ2v) is 12.3. The highest BCUT2D eigenvalue weighted by molar-refractivity contribution is 7.92. The molecule has 4 aromatic rings. The minimum atomic E-state index is -4.30. The van der Waals surface area contributed by atoms with E-state index in [1.807, 2.05) is 30.3 Å². The highest BCUT2D eigenvalue weighted by atomic mass is 35.5. The molecule has 1 N–H and O–H groups in total. The van der Waals surface area contributed by atoms with Gasteiger partial charge in [-0.2, -0.15) is 0 Å². The van der Waals surface area contributed by atoms with E-state index >= 15 is 0 Å². The largest absolute Gasteiger partial charge is 0.495 e. The van der Waals surface area contributed by atoms with Gasteiger partial charge >= 0.3 is 0 Å². The summed E-state index contributed by atoms with van der Waals surface area (Å²) in [6, 6.07) is 27.5. The molecular formula is C32H31Cl2N3O5S. The number of nitrogens with zero attached hydrogens (tertiary/aromatic N) is 2. The summed E-state index contributed by atoms with van der Waals surface area (Å²) in [5.41, 5.74) is 1.49. The van der Waals surface area contributed by atoms with Crippen molar-refractivity contribution in [2.45, 2.75) is 23.9 Å². The number of ether oxygens (including phenoxy) is 1. The van der Waals surface area contributed by atoms with Gasteiger partial charge in [0.1, 0.15) is 18.3 Å². The van der Waals surface area contributed by atoms with Gasteiger partial charge in [-0.25, -0.2) is 8.42 Å². The van der Waals surface area contributed by atoms with Crippen LogP contribution in [0.4, 0.5) is 5.69 Å². The van der Waals surface area contributed by atoms with E-state index in [9.17, 15) is 18.0 Å². The third-order valence-electron chi connectivity index (χ3n) is 6.84. The van der Waals surface area contributed by atoms with Crippen molar-refractivity contribution in [2.24, 2.45) is 0 Å². The predicted molar refractivity (Wildman–Crippen MR) is 169 cm³/mol. The fourth-order valence-corrected chi connectivity index (χ4v) is 6.42. The zero-order valence-electron chi connectivity index (χ0n) is 23.6. The molecule has 1 atom stereocenters. The zero-order chi connectivity index (χ0) is 31.0. The molecule has 0 aliphatic heterocycles. The van der Waals surface area contributed by atoms with E-state index in [1.54, 1.807) is 48.5 Å². The molecule has 0 aliphatic carbocycles. The van der Waals surface area contributed by atoms with Crippen LogP contribution in [0, 0.1) is 0 Å². The van der Waals surface area contributed by atoms with Crippen LogP contribution in [0.3, 0.4) is 0 Å². The van der Waals surface area contributed by atoms with Crippen LogP contribution in [-0.2, 0) is 32.6 Å². The van der Waals surface area contributed by atoms with Gasteiger partial charge in [0, 0.05) is 30.1 Å². The van der Waals surface area contributed by atoms with Crippen LogP contribution >= 0.6 is 23.2 Å². The van der Waals surface area contributed by atoms with Crippen LogP contribution in [0.25, 0.3) is 0 Å². The van der Waals surface area contributed by atoms with Crippen molar-refractivity contribution in [1.29, 1.82) is 0 Å². The SMILES string of the molecule is CNC(=O)[C@H](Cc1ccccc1)N(Cc1ccccc1Cl)C(=O)CN(c1cc(Cl)ccc1OC)S(=O)(=O)c1ccccc1. The lowest BCUT2D eigenvalue weighted by molar-refractivity contribution is -0.139. The van der Waals surface area contributed by atoms with Gasteiger partial charge in [0.2, 0.25) is 11.8 Å². The van der Waals surface area contributed by atoms with Crippen molar-refractivity contribution in [3.63, 3.8) is 0 Å². The van der Waals surface area contributed by atoms with Gasteiger partial charge < -0.3 is 15.0 Å². The zero-order valence-corrected chi connectivity index (χ0v) is 25.9. The molecule has 0 aliphatic rings. The molecule has 11 heteroatoms. The highest BCUT2D eigenvalue weighted by Gasteiger charge is 2.35. The summed E-state index contributed by atoms with van der Waals surface area (Å²) in [4.78, 5) is 29.1. The quantitative estimate of drug-likeness (QED) is 0.218. The molecule has 0 heterocycles. The number of hydrogen-bond acceptors (Lipinski definition) is 5. The van der Waals surface area contributed by atoms with Crippen LogP contribution in [-0.4, -0.2) is 51.9 Å². The number of likely N-dealkylation sites (N-methyl/N-ethyl adjacent to an activating group) is 1. The normalized spacial score (nSPS) is 11.8. The molecule has 0 bridgehead atoms. The summed E-state index contributed by atoms with van der Waals surface area (Å²) < 4.78 is 34.6. The molecule has 0 aromatic heterocycles. The van der Waals surface area contributed by atoms with Crippen molar-refractivity contribution in [1.82, 2.24) is 10.2 Å². The molecule has 0 saturated carbocycles. The second-order valence-electron chi connectivity index (χ2n) is 9.57. The van der Waals surface area contributed by atoms with Crippen LogP contribution in [0.1, 0.15) is 11.1 Å². The second kappa shape index (κ2) is 14.4. The number of halogens is 2. The fourth-order valence-electron chi connectivity index (χ4n) is 4.62. The average Bonchev–Trinajstić information content (AvgIpc) is 3.02. The minimum Gasteiger partial charge on any atom is -0.495 e. The lowest BCUT2D eigenvalue weighted by atomic mass is 10.0. The monoisotopic (exact) mass is 639 g/mol. The maximum Gasteiger partial charge on any atom is 0.264 e. The maximum atomic E-state index is 14.4. The standard InChI is InChI=1S/C32H31Cl2N3O5S/c1-35-32(39)29(19-23-11-5-3-6-12-23)36(21-24-13-9-10-16-27(24)34)31(38)22-37(28-20-25(33)17-18-30(28)42-2)43(40,41)26-14-7-4-8-15-26/h3-18,20,29H,19,21-22H2,1-2H3,(H,35,39)/t29-/m0/s1. The Labute approximate surface area is 261 Å². The number of nitrogens with one attached hydrogen (secondary N) is 1. The van der Waals surface area contributed by atoms with Gasteiger partial charge in [0.15, 0.2) is 0 Å². The molecule has 0 fully saturated rings. The number of rotatable bonds is 12. The number of carbonyl (C=O) groups is 2. The van der Waals surface area contributed by atoms with Gasteiger partial charge in [0.05, 0.1) is 17.7 Å². The minimum absolute atomic E-state index is 0.0328. The van der Waals surface area contributed by atoms with Crippen LogP contribution in [0.2, 0.25) is 10.0 Å². The number of benzene rings is 4. The van der Waals surface area contributed by atoms with Crippen molar-refractivity contribution in [3.05, 3.63) is 124 Å². The molecule has 224 valence electrons. The summed E-state index contributed by atoms with van der Waals surface area (Å²) in [5.74, 6) is -0.852. The topological polar surface area (TPSA) is 96.0 Å². The molecule has 4 aromatic carbocycles. The molecule has 8 nitrogen and oxygen atoms in total. The van der Waals surface area contributed by atoms with E-state index in [0.717, 1.165) is 9.87 Å². The molecule has 4 rings (SSSR count). The summed E-state index contributed by atoms with van der Waals surface area (Å²) in [7, 11) is -1.42. The Morgan fingerprint density at radius 1 is 0.884 bits per heavy atom. The molecule has 0 radical (unpaired) electrons. The number of anilines is 1. The smallest absolute Gasteiger partial charge is 0.264 e. The first-order valence-corrected chi connectivity index (χ1v) is 15.5. The van der Waals surface area contributed by atoms with E-state index in [-0.39, 0.29) is 34.3 Å². The van der Waals surface area contributed by atoms with E-state index < -0.39 is 34.4 Å². The third kappa shape index (κ3) is 7.67. The Morgan fingerprint density at radius 2 is 1.51 bits per heavy atom. The number of amides is 2. The molecule has 0 unspecified atom stereocenters. The summed E-state index contributed by atoms with van der Waals surface area (Å²) in [5, 5.41) is 3.30. The van der Waals surface area contributed by atoms with Crippen LogP contribution < -0.4 is 14.4 Å². The Bertz CT molecular complexity index is 1670. The summed E-state index contributed by atoms with van der Waals surface area (Å²) in [6.45, 7) is -0.698. The van der Waals surface area contributed by atoms with Crippen molar-refractivity contribution >= 4 is 50.7 Å². The Morgan fingerprint density at radius 3 is 2.14 bits per heavy atom. The maximum absolute atomic E-state index is 14.4. The van der Waals surface area contributed by atoms with Crippen molar-refractivity contribution < 1.29 is 22.7 Å². The van der Waals surface area contributed by atoms with E-state index in [2.05, 4.69) is 5.32 Å². The number of hydrogen-bond donors (Lipinski definition) is 1. The summed E-state index contributed by atoms with van der Waals surface area (Å²) >= 11 is 12.8. The number of sulfonamides is 1. The predicted octanol–water partition coefficient (Wildman–Crippen LogP) is 5.58. The van der Waals surface area contributed by atoms with Gasteiger partial charge in [-0.05, 0) is 47.5 Å². The molecule has 0 spiro atoms. The van der Waals surface area contributed by atoms with Gasteiger partial charge in [-0.15, -0.1) is 0 Å². The first-order valence-electron chi connectivity index (χ1n) is 13.4. The van der Waals surface area contributed by atoms with Gasteiger partial charge in [0.25, 0.3) is 10.0 Å². The molecular weight excluding hydrogens is 609 g/mol. The molecule has 0 saturated heterocycles. The number of methoxy groups -OCH3 is 1. The Hall–Kier alpha value is -4.05. The lowest BCUT2D eigenvalue weighted by Crippen LogP contribution is -2.53. The van der Waals surface area contributed by atoms with Gasteiger partial charge in [-0.1, -0.05) is 89.9 Å². The van der Waals surface area contributed by atoms with Gasteiger partial charge in [-0.3, -0.25) is 13.9 Å². The fraction of sp³-hybridized carbons (Fsp3) is 0.188. The number of carbonyl (C=O) groups excluding carboxylic acids is 2. The van der Waals surface area contributed by atoms with Crippen molar-refractivity contribution in [3.8, 4) is 5.75 Å². The highest BCUT2D eigenvalue weighted by Crippen LogP contribution is 2.35. The Kier molecular flexibility index (Phi) is 10.7. The van der Waals surface area contributed by atoms with Crippen LogP contribution in [0.5, 0.6) is 5.75 Å². The first-order chi connectivity index (χ1) is 20.6.